The van der Waals surface area contributed by atoms with Crippen molar-refractivity contribution >= 4 is 21.4 Å². The molecular weight excluding hydrogens is 292 g/mol. The van der Waals surface area contributed by atoms with E-state index in [1.54, 1.807) is 6.07 Å². The maximum atomic E-state index is 12.3. The van der Waals surface area contributed by atoms with Gasteiger partial charge in [0.1, 0.15) is 4.21 Å². The molecule has 0 bridgehead atoms. The van der Waals surface area contributed by atoms with Gasteiger partial charge in [-0.1, -0.05) is 13.3 Å². The molecule has 1 aromatic heterocycles. The van der Waals surface area contributed by atoms with Crippen LogP contribution in [0.4, 0.5) is 0 Å². The van der Waals surface area contributed by atoms with Gasteiger partial charge in [-0.2, -0.15) is 0 Å². The second-order valence-corrected chi connectivity index (χ2v) is 9.32. The first-order valence-corrected chi connectivity index (χ1v) is 9.64. The molecule has 0 saturated heterocycles. The highest BCUT2D eigenvalue weighted by atomic mass is 32.2. The fourth-order valence-corrected chi connectivity index (χ4v) is 4.89. The number of sulfonamides is 1. The van der Waals surface area contributed by atoms with Crippen LogP contribution in [0.2, 0.25) is 0 Å². The van der Waals surface area contributed by atoms with Crippen molar-refractivity contribution in [3.63, 3.8) is 0 Å². The van der Waals surface area contributed by atoms with Crippen LogP contribution >= 0.6 is 11.3 Å². The van der Waals surface area contributed by atoms with Gasteiger partial charge in [0, 0.05) is 19.1 Å². The average molecular weight is 314 g/mol. The van der Waals surface area contributed by atoms with Crippen LogP contribution in [0.15, 0.2) is 15.7 Å². The zero-order valence-corrected chi connectivity index (χ0v) is 13.4. The number of thiophene rings is 1. The number of nitrogens with one attached hydrogen (secondary N) is 2. The average Bonchev–Trinajstić information content (AvgIpc) is 3.08. The molecule has 0 unspecified atom stereocenters. The predicted molar refractivity (Wildman–Crippen MR) is 81.3 cm³/mol. The number of hydrogen-bond acceptors (Lipinski definition) is 4. The number of hydrogen-bond donors (Lipinski definition) is 2. The monoisotopic (exact) mass is 314 g/mol. The Morgan fingerprint density at radius 2 is 2.15 bits per heavy atom. The second-order valence-electron chi connectivity index (χ2n) is 6.42. The van der Waals surface area contributed by atoms with Crippen molar-refractivity contribution in [2.24, 2.45) is 5.41 Å². The van der Waals surface area contributed by atoms with E-state index in [1.807, 2.05) is 5.38 Å². The van der Waals surface area contributed by atoms with Gasteiger partial charge in [0.2, 0.25) is 10.0 Å². The van der Waals surface area contributed by atoms with Crippen LogP contribution < -0.4 is 10.0 Å². The van der Waals surface area contributed by atoms with Crippen LogP contribution in [-0.2, 0) is 16.6 Å². The summed E-state index contributed by atoms with van der Waals surface area (Å²) in [4.78, 5) is 0. The molecule has 2 fully saturated rings. The minimum Gasteiger partial charge on any atom is -0.310 e. The summed E-state index contributed by atoms with van der Waals surface area (Å²) >= 11 is 1.31. The molecule has 3 rings (SSSR count). The van der Waals surface area contributed by atoms with E-state index >= 15 is 0 Å². The van der Waals surface area contributed by atoms with E-state index in [4.69, 9.17) is 0 Å². The molecule has 1 heterocycles. The quantitative estimate of drug-likeness (QED) is 0.813. The molecule has 0 spiro atoms. The van der Waals surface area contributed by atoms with E-state index in [0.717, 1.165) is 24.9 Å². The molecule has 2 saturated carbocycles. The van der Waals surface area contributed by atoms with E-state index in [-0.39, 0.29) is 5.41 Å². The maximum absolute atomic E-state index is 12.3. The summed E-state index contributed by atoms with van der Waals surface area (Å²) in [6.45, 7) is 3.48. The third-order valence-corrected chi connectivity index (χ3v) is 7.21. The van der Waals surface area contributed by atoms with Crippen LogP contribution in [0.25, 0.3) is 0 Å². The van der Waals surface area contributed by atoms with E-state index in [9.17, 15) is 8.42 Å². The Labute approximate surface area is 125 Å². The molecule has 0 atom stereocenters. The fraction of sp³-hybridized carbons (Fsp3) is 0.714. The summed E-state index contributed by atoms with van der Waals surface area (Å²) < 4.78 is 27.7. The molecular formula is C14H22N2O2S2. The Morgan fingerprint density at radius 1 is 1.40 bits per heavy atom. The summed E-state index contributed by atoms with van der Waals surface area (Å²) in [7, 11) is -3.33. The van der Waals surface area contributed by atoms with Gasteiger partial charge in [0.25, 0.3) is 0 Å². The van der Waals surface area contributed by atoms with Crippen LogP contribution in [0, 0.1) is 5.41 Å². The van der Waals surface area contributed by atoms with Crippen LogP contribution in [-0.4, -0.2) is 21.0 Å². The van der Waals surface area contributed by atoms with Crippen molar-refractivity contribution in [3.05, 3.63) is 17.0 Å². The molecule has 0 amide bonds. The summed E-state index contributed by atoms with van der Waals surface area (Å²) in [6.07, 6.45) is 5.95. The normalized spacial score (nSPS) is 21.6. The maximum Gasteiger partial charge on any atom is 0.250 e. The molecule has 2 aliphatic rings. The topological polar surface area (TPSA) is 58.2 Å². The van der Waals surface area contributed by atoms with Crippen LogP contribution in [0.3, 0.4) is 0 Å². The van der Waals surface area contributed by atoms with Gasteiger partial charge in [-0.3, -0.25) is 0 Å². The van der Waals surface area contributed by atoms with Gasteiger partial charge in [0.05, 0.1) is 0 Å². The van der Waals surface area contributed by atoms with Crippen molar-refractivity contribution in [1.29, 1.82) is 0 Å². The third kappa shape index (κ3) is 3.42. The molecule has 4 nitrogen and oxygen atoms in total. The first-order valence-electron chi connectivity index (χ1n) is 7.27. The molecule has 2 aliphatic carbocycles. The molecule has 1 aromatic rings. The van der Waals surface area contributed by atoms with E-state index < -0.39 is 10.0 Å². The highest BCUT2D eigenvalue weighted by molar-refractivity contribution is 7.91. The predicted octanol–water partition coefficient (Wildman–Crippen LogP) is 2.47. The zero-order valence-electron chi connectivity index (χ0n) is 11.8. The lowest BCUT2D eigenvalue weighted by molar-refractivity contribution is 0.166. The lowest BCUT2D eigenvalue weighted by atomic mass is 9.71. The lowest BCUT2D eigenvalue weighted by Gasteiger charge is -2.38. The first kappa shape index (κ1) is 14.5. The lowest BCUT2D eigenvalue weighted by Crippen LogP contribution is -2.39. The van der Waals surface area contributed by atoms with Gasteiger partial charge in [-0.25, -0.2) is 13.1 Å². The molecule has 0 aromatic carbocycles. The summed E-state index contributed by atoms with van der Waals surface area (Å²) in [5, 5.41) is 5.34. The Bertz CT molecular complexity index is 572. The SMILES string of the molecule is CC1(CNS(=O)(=O)c2cc(CNC3CC3)cs2)CCC1. The highest BCUT2D eigenvalue weighted by Gasteiger charge is 2.33. The molecule has 0 aliphatic heterocycles. The van der Waals surface area contributed by atoms with Crippen molar-refractivity contribution < 1.29 is 8.42 Å². The summed E-state index contributed by atoms with van der Waals surface area (Å²) in [5.74, 6) is 0. The van der Waals surface area contributed by atoms with E-state index in [1.165, 1.54) is 30.6 Å². The van der Waals surface area contributed by atoms with E-state index in [2.05, 4.69) is 17.0 Å². The van der Waals surface area contributed by atoms with Crippen molar-refractivity contribution in [1.82, 2.24) is 10.0 Å². The van der Waals surface area contributed by atoms with Gasteiger partial charge in [0.15, 0.2) is 0 Å². The van der Waals surface area contributed by atoms with Gasteiger partial charge in [-0.15, -0.1) is 11.3 Å². The Morgan fingerprint density at radius 3 is 2.75 bits per heavy atom. The smallest absolute Gasteiger partial charge is 0.250 e. The van der Waals surface area contributed by atoms with Crippen molar-refractivity contribution in [3.8, 4) is 0 Å². The summed E-state index contributed by atoms with van der Waals surface area (Å²) in [6, 6.07) is 2.44. The second kappa shape index (κ2) is 5.40. The molecule has 2 N–H and O–H groups in total. The molecule has 0 radical (unpaired) electrons. The van der Waals surface area contributed by atoms with Crippen molar-refractivity contribution in [2.75, 3.05) is 6.54 Å². The van der Waals surface area contributed by atoms with Gasteiger partial charge in [-0.05, 0) is 48.1 Å². The molecule has 112 valence electrons. The van der Waals surface area contributed by atoms with Crippen molar-refractivity contribution in [2.45, 2.75) is 55.8 Å². The van der Waals surface area contributed by atoms with Crippen LogP contribution in [0.5, 0.6) is 0 Å². The molecule has 6 heteroatoms. The van der Waals surface area contributed by atoms with E-state index in [0.29, 0.717) is 16.8 Å². The Balaban J connectivity index is 1.58. The third-order valence-electron chi connectivity index (χ3n) is 4.32. The first-order chi connectivity index (χ1) is 9.47. The van der Waals surface area contributed by atoms with Gasteiger partial charge < -0.3 is 5.32 Å². The summed E-state index contributed by atoms with van der Waals surface area (Å²) in [5.41, 5.74) is 1.23. The Kier molecular flexibility index (Phi) is 3.92. The fourth-order valence-electron chi connectivity index (χ4n) is 2.43. The van der Waals surface area contributed by atoms with Crippen LogP contribution in [0.1, 0.15) is 44.6 Å². The van der Waals surface area contributed by atoms with Gasteiger partial charge >= 0.3 is 0 Å². The number of rotatable bonds is 7. The minimum atomic E-state index is -3.33. The zero-order chi connectivity index (χ0) is 14.2. The largest absolute Gasteiger partial charge is 0.310 e. The Hall–Kier alpha value is -0.430. The minimum absolute atomic E-state index is 0.167. The molecule has 20 heavy (non-hydrogen) atoms. The highest BCUT2D eigenvalue weighted by Crippen LogP contribution is 2.39. The standard InChI is InChI=1S/C14H22N2O2S2/c1-14(5-2-6-14)10-16-20(17,18)13-7-11(9-19-13)8-15-12-3-4-12/h7,9,12,15-16H,2-6,8,10H2,1H3.